The molecule has 0 unspecified atom stereocenters. The first-order valence-corrected chi connectivity index (χ1v) is 6.38. The Morgan fingerprint density at radius 1 is 1.24 bits per heavy atom. The van der Waals surface area contributed by atoms with E-state index in [2.05, 4.69) is 28.6 Å². The van der Waals surface area contributed by atoms with Gasteiger partial charge in [-0.15, -0.1) is 0 Å². The van der Waals surface area contributed by atoms with Crippen LogP contribution in [0.15, 0.2) is 18.2 Å². The van der Waals surface area contributed by atoms with Gasteiger partial charge in [0.2, 0.25) is 0 Å². The molecule has 3 aliphatic heterocycles. The lowest BCUT2D eigenvalue weighted by Gasteiger charge is -2.41. The average Bonchev–Trinajstić information content (AvgIpc) is 2.67. The van der Waals surface area contributed by atoms with Crippen molar-refractivity contribution >= 4 is 22.4 Å². The van der Waals surface area contributed by atoms with Crippen LogP contribution >= 0.6 is 0 Å². The molecular formula is C14H17N3. The number of nitrogens with two attached hydrogens (primary N) is 1. The summed E-state index contributed by atoms with van der Waals surface area (Å²) in [6.07, 6.45) is 2.61. The van der Waals surface area contributed by atoms with Crippen LogP contribution in [0.4, 0.5) is 11.5 Å². The fourth-order valence-corrected chi connectivity index (χ4v) is 3.64. The molecule has 3 heteroatoms. The summed E-state index contributed by atoms with van der Waals surface area (Å²) in [7, 11) is 2.18. The number of anilines is 2. The van der Waals surface area contributed by atoms with Crippen LogP contribution in [0.2, 0.25) is 0 Å². The zero-order valence-electron chi connectivity index (χ0n) is 10.1. The fourth-order valence-electron chi connectivity index (χ4n) is 3.64. The number of rotatable bonds is 0. The molecule has 0 spiro atoms. The number of benzene rings is 1. The van der Waals surface area contributed by atoms with E-state index >= 15 is 0 Å². The third kappa shape index (κ3) is 1.07. The third-order valence-electron chi connectivity index (χ3n) is 4.43. The monoisotopic (exact) mass is 227 g/mol. The van der Waals surface area contributed by atoms with Crippen molar-refractivity contribution in [2.75, 3.05) is 23.7 Å². The van der Waals surface area contributed by atoms with Crippen LogP contribution in [0.5, 0.6) is 0 Å². The van der Waals surface area contributed by atoms with Gasteiger partial charge in [-0.3, -0.25) is 0 Å². The van der Waals surface area contributed by atoms with E-state index in [1.54, 1.807) is 5.56 Å². The Hall–Kier alpha value is -1.64. The van der Waals surface area contributed by atoms with Crippen molar-refractivity contribution in [1.82, 2.24) is 4.57 Å². The van der Waals surface area contributed by atoms with E-state index in [0.29, 0.717) is 0 Å². The van der Waals surface area contributed by atoms with Crippen LogP contribution in [0.25, 0.3) is 10.9 Å². The van der Waals surface area contributed by atoms with Gasteiger partial charge < -0.3 is 15.2 Å². The maximum atomic E-state index is 5.94. The Bertz CT molecular complexity index is 603. The Kier molecular flexibility index (Phi) is 1.64. The number of hydrogen-bond acceptors (Lipinski definition) is 2. The summed E-state index contributed by atoms with van der Waals surface area (Å²) in [4.78, 5) is 2.53. The van der Waals surface area contributed by atoms with Crippen LogP contribution in [0.1, 0.15) is 24.3 Å². The topological polar surface area (TPSA) is 34.2 Å². The number of nitrogens with zero attached hydrogens (tertiary/aromatic N) is 2. The molecular weight excluding hydrogens is 210 g/mol. The zero-order valence-corrected chi connectivity index (χ0v) is 10.1. The van der Waals surface area contributed by atoms with Crippen LogP contribution in [-0.4, -0.2) is 17.7 Å². The molecule has 0 radical (unpaired) electrons. The quantitative estimate of drug-likeness (QED) is 0.701. The van der Waals surface area contributed by atoms with Crippen molar-refractivity contribution in [3.8, 4) is 0 Å². The van der Waals surface area contributed by atoms with Crippen LogP contribution in [0, 0.1) is 0 Å². The predicted octanol–water partition coefficient (Wildman–Crippen LogP) is 2.46. The van der Waals surface area contributed by atoms with E-state index in [0.717, 1.165) is 11.6 Å². The maximum Gasteiger partial charge on any atom is 0.112 e. The van der Waals surface area contributed by atoms with Crippen molar-refractivity contribution in [3.63, 3.8) is 0 Å². The lowest BCUT2D eigenvalue weighted by molar-refractivity contribution is 0.469. The molecule has 0 aliphatic carbocycles. The molecule has 2 bridgehead atoms. The second-order valence-corrected chi connectivity index (χ2v) is 5.33. The maximum absolute atomic E-state index is 5.94. The molecule has 88 valence electrons. The number of aryl methyl sites for hydroxylation is 1. The SMILES string of the molecule is Cn1c2c(c3cc(N)ccc31)C1CCN2CC1. The van der Waals surface area contributed by atoms with Crippen LogP contribution in [-0.2, 0) is 7.05 Å². The van der Waals surface area contributed by atoms with Gasteiger partial charge in [0, 0.05) is 42.3 Å². The van der Waals surface area contributed by atoms with Crippen molar-refractivity contribution in [2.24, 2.45) is 7.05 Å². The third-order valence-corrected chi connectivity index (χ3v) is 4.43. The zero-order chi connectivity index (χ0) is 11.6. The predicted molar refractivity (Wildman–Crippen MR) is 71.5 cm³/mol. The first-order valence-electron chi connectivity index (χ1n) is 6.38. The van der Waals surface area contributed by atoms with Gasteiger partial charge in [0.15, 0.2) is 0 Å². The van der Waals surface area contributed by atoms with E-state index in [4.69, 9.17) is 5.73 Å². The lowest BCUT2D eigenvalue weighted by Crippen LogP contribution is -2.39. The second kappa shape index (κ2) is 2.97. The first kappa shape index (κ1) is 9.40. The van der Waals surface area contributed by atoms with Crippen molar-refractivity contribution in [2.45, 2.75) is 18.8 Å². The number of fused-ring (bicyclic) bond motifs is 3. The van der Waals surface area contributed by atoms with E-state index in [9.17, 15) is 0 Å². The Morgan fingerprint density at radius 2 is 2.00 bits per heavy atom. The number of nitrogen functional groups attached to an aromatic ring is 1. The lowest BCUT2D eigenvalue weighted by atomic mass is 9.84. The molecule has 0 atom stereocenters. The molecule has 0 amide bonds. The van der Waals surface area contributed by atoms with Crippen molar-refractivity contribution in [1.29, 1.82) is 0 Å². The highest BCUT2D eigenvalue weighted by Crippen LogP contribution is 2.47. The van der Waals surface area contributed by atoms with Gasteiger partial charge in [0.1, 0.15) is 5.82 Å². The summed E-state index contributed by atoms with van der Waals surface area (Å²) in [5, 5.41) is 1.37. The van der Waals surface area contributed by atoms with Crippen LogP contribution in [0.3, 0.4) is 0 Å². The smallest absolute Gasteiger partial charge is 0.112 e. The second-order valence-electron chi connectivity index (χ2n) is 5.33. The molecule has 17 heavy (non-hydrogen) atoms. The molecule has 5 rings (SSSR count). The van der Waals surface area contributed by atoms with Crippen molar-refractivity contribution in [3.05, 3.63) is 23.8 Å². The van der Waals surface area contributed by atoms with Gasteiger partial charge in [-0.25, -0.2) is 0 Å². The van der Waals surface area contributed by atoms with Gasteiger partial charge in [0.25, 0.3) is 0 Å². The van der Waals surface area contributed by atoms with Gasteiger partial charge >= 0.3 is 0 Å². The summed E-state index contributed by atoms with van der Waals surface area (Å²) in [5.74, 6) is 2.19. The highest BCUT2D eigenvalue weighted by atomic mass is 15.3. The standard InChI is InChI=1S/C14H17N3/c1-16-12-3-2-10(15)8-11(12)13-9-4-6-17(7-5-9)14(13)16/h2-3,8-9H,4-7,15H2,1H3. The summed E-state index contributed by atoms with van der Waals surface area (Å²) in [6, 6.07) is 6.31. The Morgan fingerprint density at radius 3 is 2.76 bits per heavy atom. The number of aromatic nitrogens is 1. The minimum Gasteiger partial charge on any atom is -0.399 e. The molecule has 3 aliphatic rings. The summed E-state index contributed by atoms with van der Waals surface area (Å²) < 4.78 is 2.34. The first-order chi connectivity index (χ1) is 8.25. The highest BCUT2D eigenvalue weighted by molar-refractivity contribution is 5.93. The fraction of sp³-hybridized carbons (Fsp3) is 0.429. The van der Waals surface area contributed by atoms with Crippen molar-refractivity contribution < 1.29 is 0 Å². The highest BCUT2D eigenvalue weighted by Gasteiger charge is 2.35. The van der Waals surface area contributed by atoms with E-state index < -0.39 is 0 Å². The normalized spacial score (nSPS) is 19.0. The summed E-state index contributed by atoms with van der Waals surface area (Å²) in [5.41, 5.74) is 9.69. The molecule has 1 aromatic carbocycles. The minimum atomic E-state index is 0.750. The van der Waals surface area contributed by atoms with Gasteiger partial charge in [0.05, 0.1) is 0 Å². The minimum absolute atomic E-state index is 0.750. The van der Waals surface area contributed by atoms with E-state index in [1.807, 2.05) is 6.07 Å². The molecule has 3 nitrogen and oxygen atoms in total. The summed E-state index contributed by atoms with van der Waals surface area (Å²) in [6.45, 7) is 2.44. The molecule has 2 aromatic rings. The Balaban J connectivity index is 2.13. The molecule has 0 saturated carbocycles. The molecule has 1 saturated heterocycles. The molecule has 1 fully saturated rings. The van der Waals surface area contributed by atoms with Crippen LogP contribution < -0.4 is 10.6 Å². The summed E-state index contributed by atoms with van der Waals surface area (Å²) >= 11 is 0. The Labute approximate surface area is 101 Å². The van der Waals surface area contributed by atoms with E-state index in [-0.39, 0.29) is 0 Å². The van der Waals surface area contributed by atoms with Gasteiger partial charge in [-0.1, -0.05) is 0 Å². The molecule has 2 N–H and O–H groups in total. The number of piperidine rings is 1. The molecule has 4 heterocycles. The van der Waals surface area contributed by atoms with E-state index in [1.165, 1.54) is 42.7 Å². The van der Waals surface area contributed by atoms with Gasteiger partial charge in [-0.05, 0) is 37.0 Å². The number of hydrogen-bond donors (Lipinski definition) is 1. The average molecular weight is 227 g/mol. The molecule has 1 aromatic heterocycles. The van der Waals surface area contributed by atoms with Gasteiger partial charge in [-0.2, -0.15) is 0 Å². The largest absolute Gasteiger partial charge is 0.399 e.